The van der Waals surface area contributed by atoms with E-state index in [1.54, 1.807) is 5.57 Å². The fourth-order valence-electron chi connectivity index (χ4n) is 15.5. The third kappa shape index (κ3) is 6.37. The maximum absolute atomic E-state index is 13.7. The van der Waals surface area contributed by atoms with E-state index in [2.05, 4.69) is 58.7 Å². The van der Waals surface area contributed by atoms with Crippen LogP contribution in [-0.2, 0) is 28.9 Å². The summed E-state index contributed by atoms with van der Waals surface area (Å²) in [5.41, 5.74) is 2.24. The molecule has 0 aromatic heterocycles. The Hall–Kier alpha value is -1.53. The first-order chi connectivity index (χ1) is 26.5. The number of hydrogen-bond donors (Lipinski definition) is 3. The largest absolute Gasteiger partial charge is 0.481 e. The van der Waals surface area contributed by atoms with Crippen molar-refractivity contribution in [2.45, 2.75) is 151 Å². The van der Waals surface area contributed by atoms with Gasteiger partial charge >= 0.3 is 11.9 Å². The van der Waals surface area contributed by atoms with Crippen molar-refractivity contribution in [3.05, 3.63) is 11.1 Å². The zero-order valence-corrected chi connectivity index (χ0v) is 37.3. The number of carboxylic acids is 1. The molecule has 57 heavy (non-hydrogen) atoms. The van der Waals surface area contributed by atoms with E-state index in [1.165, 1.54) is 5.57 Å². The summed E-state index contributed by atoms with van der Waals surface area (Å²) in [6.45, 7) is 24.2. The molecule has 0 amide bonds. The van der Waals surface area contributed by atoms with Gasteiger partial charge in [-0.25, -0.2) is 8.42 Å². The number of fused-ring (bicyclic) bond motifs is 8. The van der Waals surface area contributed by atoms with Gasteiger partial charge in [-0.05, 0) is 115 Å². The number of sulfone groups is 1. The number of aliphatic hydroxyl groups excluding tert-OH is 1. The molecule has 2 unspecified atom stereocenters. The van der Waals surface area contributed by atoms with E-state index in [4.69, 9.17) is 9.47 Å². The predicted molar refractivity (Wildman–Crippen MR) is 220 cm³/mol. The number of rotatable bonds is 10. The molecule has 0 aromatic carbocycles. The number of nitrogens with one attached hydrogen (secondary N) is 1. The first-order valence-electron chi connectivity index (χ1n) is 22.7. The van der Waals surface area contributed by atoms with Crippen molar-refractivity contribution in [2.75, 3.05) is 44.2 Å². The van der Waals surface area contributed by atoms with Crippen LogP contribution in [0.2, 0.25) is 0 Å². The molecule has 0 aromatic rings. The van der Waals surface area contributed by atoms with Crippen LogP contribution in [0.5, 0.6) is 0 Å². The SMILES string of the molecule is CC(C)C1=C2[C@H]3CC[C@@H]4[C@@]5(C)CC[C@H](OC(=O)[C@H]6C[C@@H](C(=O)O)C6(C)C)C(C)(C)[C@@H]5CC[C@@]4(C)[C@]3(C)CC[C@@]2([C@@H](O)CNCCN2CCS(=O)(=O)CC2)CC2OC12. The summed E-state index contributed by atoms with van der Waals surface area (Å²) in [6.07, 6.45) is 9.43. The number of carbonyl (C=O) groups is 2. The Morgan fingerprint density at radius 1 is 0.895 bits per heavy atom. The highest BCUT2D eigenvalue weighted by atomic mass is 32.2. The maximum Gasteiger partial charge on any atom is 0.309 e. The Morgan fingerprint density at radius 3 is 2.25 bits per heavy atom. The number of aliphatic hydroxyl groups is 1. The van der Waals surface area contributed by atoms with Crippen molar-refractivity contribution in [3.8, 4) is 0 Å². The number of esters is 1. The quantitative estimate of drug-likeness (QED) is 0.0967. The summed E-state index contributed by atoms with van der Waals surface area (Å²) in [5, 5.41) is 25.7. The number of epoxide rings is 1. The molecule has 2 heterocycles. The standard InChI is InChI=1S/C46H74N2O8S/c1-27(2)36-37-28-10-11-33-43(7)14-13-35(56-40(52)30-24-29(39(50)51)41(30,3)4)42(5,6)32(43)12-15-45(33,9)44(28,8)16-17-46(37,25-31-38(36)55-31)34(49)26-47-18-19-48-20-22-57(53,54)23-21-48/h27-35,38,47,49H,10-26H2,1-9H3,(H,50,51)/t28-,29+,30-,31?,32+,33-,34+,35+,38?,43+,44-,45-,46+/m1/s1. The number of carbonyl (C=O) groups excluding carboxylic acids is 1. The molecule has 10 nitrogen and oxygen atoms in total. The molecule has 3 N–H and O–H groups in total. The van der Waals surface area contributed by atoms with Gasteiger partial charge in [-0.2, -0.15) is 0 Å². The molecule has 2 aliphatic heterocycles. The third-order valence-corrected chi connectivity index (χ3v) is 20.9. The molecule has 6 aliphatic carbocycles. The molecular formula is C46H74N2O8S. The minimum absolute atomic E-state index is 0.0797. The Balaban J connectivity index is 1.01. The summed E-state index contributed by atoms with van der Waals surface area (Å²) < 4.78 is 36.8. The Bertz CT molecular complexity index is 1760. The minimum Gasteiger partial charge on any atom is -0.481 e. The number of carboxylic acid groups (broad SMARTS) is 1. The number of aliphatic carboxylic acids is 1. The average molecular weight is 815 g/mol. The van der Waals surface area contributed by atoms with E-state index in [-0.39, 0.29) is 68.8 Å². The molecular weight excluding hydrogens is 741 g/mol. The number of ether oxygens (including phenoxy) is 2. The van der Waals surface area contributed by atoms with Gasteiger partial charge in [0.05, 0.1) is 35.5 Å². The zero-order valence-electron chi connectivity index (χ0n) is 36.5. The van der Waals surface area contributed by atoms with Crippen molar-refractivity contribution in [2.24, 2.45) is 68.0 Å². The highest BCUT2D eigenvalue weighted by Crippen LogP contribution is 2.77. The lowest BCUT2D eigenvalue weighted by atomic mass is 9.32. The fraction of sp³-hybridized carbons (Fsp3) is 0.913. The Morgan fingerprint density at radius 2 is 1.60 bits per heavy atom. The van der Waals surface area contributed by atoms with Gasteiger partial charge in [-0.1, -0.05) is 67.9 Å². The summed E-state index contributed by atoms with van der Waals surface area (Å²) in [7, 11) is -2.91. The van der Waals surface area contributed by atoms with Crippen LogP contribution in [0.4, 0.5) is 0 Å². The highest BCUT2D eigenvalue weighted by Gasteiger charge is 2.72. The van der Waals surface area contributed by atoms with Crippen molar-refractivity contribution >= 4 is 21.8 Å². The van der Waals surface area contributed by atoms with E-state index in [0.29, 0.717) is 49.7 Å². The molecule has 8 rings (SSSR count). The van der Waals surface area contributed by atoms with Gasteiger partial charge < -0.3 is 29.9 Å². The van der Waals surface area contributed by atoms with E-state index < -0.39 is 33.2 Å². The lowest BCUT2D eigenvalue weighted by Crippen LogP contribution is -2.67. The Kier molecular flexibility index (Phi) is 10.4. The minimum atomic E-state index is -2.91. The molecule has 7 fully saturated rings. The smallest absolute Gasteiger partial charge is 0.309 e. The zero-order chi connectivity index (χ0) is 41.3. The van der Waals surface area contributed by atoms with E-state index in [9.17, 15) is 28.2 Å². The molecule has 8 aliphatic rings. The van der Waals surface area contributed by atoms with Crippen LogP contribution in [-0.4, -0.2) is 104 Å². The number of hydrogen-bond acceptors (Lipinski definition) is 9. The van der Waals surface area contributed by atoms with Gasteiger partial charge in [0.2, 0.25) is 0 Å². The molecule has 13 atom stereocenters. The van der Waals surface area contributed by atoms with E-state index >= 15 is 0 Å². The van der Waals surface area contributed by atoms with Crippen LogP contribution < -0.4 is 5.32 Å². The Labute approximate surface area is 342 Å². The molecule has 11 heteroatoms. The van der Waals surface area contributed by atoms with Crippen LogP contribution in [0, 0.1) is 68.0 Å². The topological polar surface area (TPSA) is 146 Å². The van der Waals surface area contributed by atoms with Crippen molar-refractivity contribution in [1.29, 1.82) is 0 Å². The van der Waals surface area contributed by atoms with Crippen molar-refractivity contribution in [3.63, 3.8) is 0 Å². The van der Waals surface area contributed by atoms with Crippen molar-refractivity contribution < 1.29 is 37.7 Å². The second-order valence-corrected chi connectivity index (χ2v) is 24.9. The monoisotopic (exact) mass is 815 g/mol. The molecule has 2 saturated heterocycles. The molecule has 0 bridgehead atoms. The number of nitrogens with zero attached hydrogens (tertiary/aromatic N) is 1. The second kappa shape index (κ2) is 14.0. The van der Waals surface area contributed by atoms with Crippen LogP contribution in [0.15, 0.2) is 11.1 Å². The van der Waals surface area contributed by atoms with Gasteiger partial charge in [0.15, 0.2) is 9.84 Å². The lowest BCUT2D eigenvalue weighted by molar-refractivity contribution is -0.238. The van der Waals surface area contributed by atoms with Gasteiger partial charge in [0.1, 0.15) is 12.2 Å². The normalized spacial score (nSPS) is 45.9. The summed E-state index contributed by atoms with van der Waals surface area (Å²) in [4.78, 5) is 27.7. The maximum atomic E-state index is 13.7. The van der Waals surface area contributed by atoms with E-state index in [1.807, 2.05) is 13.8 Å². The van der Waals surface area contributed by atoms with Crippen LogP contribution in [0.1, 0.15) is 127 Å². The molecule has 0 radical (unpaired) electrons. The average Bonchev–Trinajstić information content (AvgIpc) is 3.89. The third-order valence-electron chi connectivity index (χ3n) is 19.3. The highest BCUT2D eigenvalue weighted by molar-refractivity contribution is 7.91. The van der Waals surface area contributed by atoms with Crippen LogP contribution >= 0.6 is 0 Å². The summed E-state index contributed by atoms with van der Waals surface area (Å²) >= 11 is 0. The van der Waals surface area contributed by atoms with E-state index in [0.717, 1.165) is 70.9 Å². The molecule has 0 spiro atoms. The van der Waals surface area contributed by atoms with Crippen molar-refractivity contribution in [1.82, 2.24) is 10.2 Å². The first kappa shape index (κ1) is 42.2. The first-order valence-corrected chi connectivity index (χ1v) is 24.5. The fourth-order valence-corrected chi connectivity index (χ4v) is 16.8. The van der Waals surface area contributed by atoms with Crippen LogP contribution in [0.25, 0.3) is 0 Å². The lowest BCUT2D eigenvalue weighted by Gasteiger charge is -2.72. The summed E-state index contributed by atoms with van der Waals surface area (Å²) in [6, 6.07) is 0. The second-order valence-electron chi connectivity index (χ2n) is 22.6. The molecule has 322 valence electrons. The van der Waals surface area contributed by atoms with Gasteiger partial charge in [-0.3, -0.25) is 9.59 Å². The van der Waals surface area contributed by atoms with Gasteiger partial charge in [0.25, 0.3) is 0 Å². The predicted octanol–water partition coefficient (Wildman–Crippen LogP) is 6.51. The van der Waals surface area contributed by atoms with Gasteiger partial charge in [0, 0.05) is 43.6 Å². The summed E-state index contributed by atoms with van der Waals surface area (Å²) in [5.74, 6) is 0.270. The molecule has 5 saturated carbocycles. The van der Waals surface area contributed by atoms with Crippen LogP contribution in [0.3, 0.4) is 0 Å². The van der Waals surface area contributed by atoms with Gasteiger partial charge in [-0.15, -0.1) is 0 Å².